The van der Waals surface area contributed by atoms with E-state index in [2.05, 4.69) is 10.6 Å². The van der Waals surface area contributed by atoms with Crippen LogP contribution in [0.1, 0.15) is 18.9 Å². The van der Waals surface area contributed by atoms with Gasteiger partial charge in [-0.25, -0.2) is 0 Å². The van der Waals surface area contributed by atoms with Crippen LogP contribution in [0, 0.1) is 0 Å². The second-order valence-corrected chi connectivity index (χ2v) is 4.38. The number of nitrogens with one attached hydrogen (secondary N) is 2. The molecule has 0 spiro atoms. The molecule has 0 aliphatic heterocycles. The van der Waals surface area contributed by atoms with Crippen LogP contribution in [0.4, 0.5) is 0 Å². The predicted octanol–water partition coefficient (Wildman–Crippen LogP) is 0.325. The molecule has 2 amide bonds. The van der Waals surface area contributed by atoms with Crippen LogP contribution < -0.4 is 10.6 Å². The number of carbonyl (C=O) groups excluding carboxylic acids is 2. The molecule has 6 heteroatoms. The van der Waals surface area contributed by atoms with E-state index in [9.17, 15) is 14.4 Å². The lowest BCUT2D eigenvalue weighted by Crippen LogP contribution is -2.47. The summed E-state index contributed by atoms with van der Waals surface area (Å²) in [6, 6.07) is 8.58. The van der Waals surface area contributed by atoms with Crippen molar-refractivity contribution in [2.45, 2.75) is 25.8 Å². The minimum absolute atomic E-state index is 0.0407. The van der Waals surface area contributed by atoms with Crippen molar-refractivity contribution >= 4 is 17.8 Å². The van der Waals surface area contributed by atoms with Gasteiger partial charge in [0.2, 0.25) is 11.8 Å². The number of carboxylic acid groups (broad SMARTS) is 1. The van der Waals surface area contributed by atoms with Gasteiger partial charge in [0, 0.05) is 19.9 Å². The Morgan fingerprint density at radius 3 is 2.40 bits per heavy atom. The summed E-state index contributed by atoms with van der Waals surface area (Å²) in [5.41, 5.74) is 0.916. The topological polar surface area (TPSA) is 95.5 Å². The fraction of sp³-hybridized carbons (Fsp3) is 0.357. The standard InChI is InChI=1S/C14H18N2O4/c1-10(17)16-12(9-11-5-3-2-4-6-11)14(20)15-8-7-13(18)19/h2-6,12H,7-9H2,1H3,(H,15,20)(H,16,17)(H,18,19)/t12-/m0/s1. The van der Waals surface area contributed by atoms with Crippen molar-refractivity contribution in [1.29, 1.82) is 0 Å². The van der Waals surface area contributed by atoms with Crippen LogP contribution in [0.15, 0.2) is 30.3 Å². The third kappa shape index (κ3) is 5.99. The quantitative estimate of drug-likeness (QED) is 0.669. The molecule has 1 atom stereocenters. The Balaban J connectivity index is 2.61. The molecule has 6 nitrogen and oxygen atoms in total. The molecule has 0 aliphatic carbocycles. The molecule has 1 rings (SSSR count). The normalized spacial score (nSPS) is 11.4. The van der Waals surface area contributed by atoms with Crippen LogP contribution in [-0.2, 0) is 20.8 Å². The average molecular weight is 278 g/mol. The van der Waals surface area contributed by atoms with E-state index in [1.54, 1.807) is 0 Å². The molecule has 3 N–H and O–H groups in total. The molecule has 1 aromatic rings. The summed E-state index contributed by atoms with van der Waals surface area (Å²) in [7, 11) is 0. The van der Waals surface area contributed by atoms with Crippen molar-refractivity contribution in [3.8, 4) is 0 Å². The maximum atomic E-state index is 11.9. The minimum atomic E-state index is -0.982. The monoisotopic (exact) mass is 278 g/mol. The van der Waals surface area contributed by atoms with Gasteiger partial charge in [-0.2, -0.15) is 0 Å². The molecule has 0 radical (unpaired) electrons. The number of rotatable bonds is 7. The lowest BCUT2D eigenvalue weighted by atomic mass is 10.1. The Bertz CT molecular complexity index is 473. The minimum Gasteiger partial charge on any atom is -0.481 e. The molecule has 108 valence electrons. The Morgan fingerprint density at radius 1 is 1.20 bits per heavy atom. The third-order valence-corrected chi connectivity index (χ3v) is 2.61. The Kier molecular flexibility index (Phi) is 6.22. The molecule has 0 saturated carbocycles. The molecule has 0 aliphatic rings. The van der Waals surface area contributed by atoms with E-state index in [1.165, 1.54) is 6.92 Å². The fourth-order valence-corrected chi connectivity index (χ4v) is 1.72. The molecule has 0 aromatic heterocycles. The van der Waals surface area contributed by atoms with E-state index in [0.717, 1.165) is 5.56 Å². The molecule has 1 aromatic carbocycles. The molecule has 0 saturated heterocycles. The number of amides is 2. The second-order valence-electron chi connectivity index (χ2n) is 4.38. The van der Waals surface area contributed by atoms with Crippen molar-refractivity contribution in [3.05, 3.63) is 35.9 Å². The largest absolute Gasteiger partial charge is 0.481 e. The maximum Gasteiger partial charge on any atom is 0.305 e. The van der Waals surface area contributed by atoms with Gasteiger partial charge < -0.3 is 15.7 Å². The molecular weight excluding hydrogens is 260 g/mol. The van der Waals surface area contributed by atoms with Crippen LogP contribution in [-0.4, -0.2) is 35.5 Å². The Morgan fingerprint density at radius 2 is 1.85 bits per heavy atom. The van der Waals surface area contributed by atoms with Crippen LogP contribution in [0.3, 0.4) is 0 Å². The lowest BCUT2D eigenvalue weighted by Gasteiger charge is -2.17. The van der Waals surface area contributed by atoms with E-state index in [0.29, 0.717) is 6.42 Å². The van der Waals surface area contributed by atoms with Gasteiger partial charge in [0.1, 0.15) is 6.04 Å². The van der Waals surface area contributed by atoms with E-state index in [-0.39, 0.29) is 24.8 Å². The van der Waals surface area contributed by atoms with Crippen LogP contribution in [0.25, 0.3) is 0 Å². The van der Waals surface area contributed by atoms with Gasteiger partial charge in [-0.3, -0.25) is 14.4 Å². The molecular formula is C14H18N2O4. The molecule has 0 bridgehead atoms. The summed E-state index contributed by atoms with van der Waals surface area (Å²) in [6.07, 6.45) is 0.212. The average Bonchev–Trinajstić information content (AvgIpc) is 2.38. The smallest absolute Gasteiger partial charge is 0.305 e. The lowest BCUT2D eigenvalue weighted by molar-refractivity contribution is -0.137. The van der Waals surface area contributed by atoms with Gasteiger partial charge in [-0.05, 0) is 5.56 Å². The highest BCUT2D eigenvalue weighted by atomic mass is 16.4. The second kappa shape index (κ2) is 7.93. The predicted molar refractivity (Wildman–Crippen MR) is 73.0 cm³/mol. The number of benzene rings is 1. The van der Waals surface area contributed by atoms with Crippen LogP contribution in [0.5, 0.6) is 0 Å². The first-order valence-corrected chi connectivity index (χ1v) is 6.29. The SMILES string of the molecule is CC(=O)N[C@@H](Cc1ccccc1)C(=O)NCCC(=O)O. The van der Waals surface area contributed by atoms with Crippen molar-refractivity contribution in [3.63, 3.8) is 0 Å². The summed E-state index contributed by atoms with van der Waals surface area (Å²) in [5.74, 6) is -1.67. The molecule has 0 unspecified atom stereocenters. The van der Waals surface area contributed by atoms with Gasteiger partial charge >= 0.3 is 5.97 Å². The van der Waals surface area contributed by atoms with Gasteiger partial charge in [-0.1, -0.05) is 30.3 Å². The highest BCUT2D eigenvalue weighted by Crippen LogP contribution is 2.03. The first-order valence-electron chi connectivity index (χ1n) is 6.29. The summed E-state index contributed by atoms with van der Waals surface area (Å²) >= 11 is 0. The van der Waals surface area contributed by atoms with Crippen LogP contribution >= 0.6 is 0 Å². The van der Waals surface area contributed by atoms with Crippen molar-refractivity contribution in [2.75, 3.05) is 6.54 Å². The summed E-state index contributed by atoms with van der Waals surface area (Å²) in [6.45, 7) is 1.38. The van der Waals surface area contributed by atoms with Crippen molar-refractivity contribution < 1.29 is 19.5 Å². The number of hydrogen-bond donors (Lipinski definition) is 3. The summed E-state index contributed by atoms with van der Waals surface area (Å²) in [5, 5.41) is 13.6. The number of carboxylic acids is 1. The van der Waals surface area contributed by atoms with Gasteiger partial charge in [0.25, 0.3) is 0 Å². The molecule has 0 fully saturated rings. The maximum absolute atomic E-state index is 11.9. The van der Waals surface area contributed by atoms with E-state index >= 15 is 0 Å². The molecule has 0 heterocycles. The Hall–Kier alpha value is -2.37. The molecule has 20 heavy (non-hydrogen) atoms. The van der Waals surface area contributed by atoms with Crippen molar-refractivity contribution in [2.24, 2.45) is 0 Å². The first-order chi connectivity index (χ1) is 9.49. The van der Waals surface area contributed by atoms with Crippen LogP contribution in [0.2, 0.25) is 0 Å². The number of hydrogen-bond acceptors (Lipinski definition) is 3. The fourth-order valence-electron chi connectivity index (χ4n) is 1.72. The van der Waals surface area contributed by atoms with Crippen molar-refractivity contribution in [1.82, 2.24) is 10.6 Å². The zero-order chi connectivity index (χ0) is 15.0. The zero-order valence-corrected chi connectivity index (χ0v) is 11.3. The third-order valence-electron chi connectivity index (χ3n) is 2.61. The van der Waals surface area contributed by atoms with E-state index in [1.807, 2.05) is 30.3 Å². The van der Waals surface area contributed by atoms with Gasteiger partial charge in [0.05, 0.1) is 6.42 Å². The highest BCUT2D eigenvalue weighted by molar-refractivity contribution is 5.87. The van der Waals surface area contributed by atoms with E-state index < -0.39 is 12.0 Å². The van der Waals surface area contributed by atoms with Gasteiger partial charge in [-0.15, -0.1) is 0 Å². The Labute approximate surface area is 117 Å². The summed E-state index contributed by atoms with van der Waals surface area (Å²) in [4.78, 5) is 33.5. The first kappa shape index (κ1) is 15.7. The number of carbonyl (C=O) groups is 3. The van der Waals surface area contributed by atoms with Gasteiger partial charge in [0.15, 0.2) is 0 Å². The van der Waals surface area contributed by atoms with E-state index in [4.69, 9.17) is 5.11 Å². The zero-order valence-electron chi connectivity index (χ0n) is 11.3. The summed E-state index contributed by atoms with van der Waals surface area (Å²) < 4.78 is 0. The number of aliphatic carboxylic acids is 1. The highest BCUT2D eigenvalue weighted by Gasteiger charge is 2.19.